The third-order valence-electron chi connectivity index (χ3n) is 5.79. The third kappa shape index (κ3) is 4.20. The fourth-order valence-corrected chi connectivity index (χ4v) is 4.26. The lowest BCUT2D eigenvalue weighted by molar-refractivity contribution is 0.0873. The number of imidazole rings is 1. The highest BCUT2D eigenvalue weighted by atomic mass is 16.5. The average molecular weight is 384 g/mol. The topological polar surface area (TPSA) is 79.6 Å². The van der Waals surface area contributed by atoms with Gasteiger partial charge in [-0.05, 0) is 43.4 Å². The lowest BCUT2D eigenvalue weighted by Crippen LogP contribution is -2.40. The maximum atomic E-state index is 12.8. The van der Waals surface area contributed by atoms with E-state index < -0.39 is 6.10 Å². The van der Waals surface area contributed by atoms with E-state index >= 15 is 0 Å². The van der Waals surface area contributed by atoms with Gasteiger partial charge in [-0.1, -0.05) is 6.07 Å². The minimum atomic E-state index is -0.512. The molecule has 7 nitrogen and oxygen atoms in total. The molecule has 2 heterocycles. The molecule has 1 aromatic heterocycles. The molecule has 0 radical (unpaired) electrons. The van der Waals surface area contributed by atoms with E-state index in [1.807, 2.05) is 29.0 Å². The smallest absolute Gasteiger partial charge is 0.251 e. The first-order valence-electron chi connectivity index (χ1n) is 9.98. The maximum absolute atomic E-state index is 12.8. The average Bonchev–Trinajstić information content (AvgIpc) is 3.33. The number of aliphatic hydroxyl groups excluding tert-OH is 1. The summed E-state index contributed by atoms with van der Waals surface area (Å²) in [4.78, 5) is 19.2. The summed E-state index contributed by atoms with van der Waals surface area (Å²) in [5.41, 5.74) is 2.87. The number of aryl methyl sites for hydroxylation is 1. The Labute approximate surface area is 165 Å². The van der Waals surface area contributed by atoms with Gasteiger partial charge in [-0.15, -0.1) is 0 Å². The number of rotatable bonds is 5. The molecule has 1 aliphatic heterocycles. The van der Waals surface area contributed by atoms with Gasteiger partial charge in [-0.2, -0.15) is 0 Å². The van der Waals surface area contributed by atoms with Crippen LogP contribution in [0.1, 0.15) is 28.8 Å². The molecule has 0 bridgehead atoms. The number of hydrogen-bond acceptors (Lipinski definition) is 5. The van der Waals surface area contributed by atoms with Crippen LogP contribution in [0.25, 0.3) is 0 Å². The molecular weight excluding hydrogens is 356 g/mol. The second-order valence-corrected chi connectivity index (χ2v) is 7.84. The monoisotopic (exact) mass is 384 g/mol. The number of carbonyl (C=O) groups excluding carboxylic acids is 1. The summed E-state index contributed by atoms with van der Waals surface area (Å²) in [6.07, 6.45) is 6.43. The Morgan fingerprint density at radius 1 is 1.32 bits per heavy atom. The van der Waals surface area contributed by atoms with Crippen molar-refractivity contribution in [3.05, 3.63) is 48.0 Å². The zero-order valence-electron chi connectivity index (χ0n) is 16.3. The largest absolute Gasteiger partial charge is 0.391 e. The van der Waals surface area contributed by atoms with E-state index in [1.54, 1.807) is 12.5 Å². The summed E-state index contributed by atoms with van der Waals surface area (Å²) in [5, 5.41) is 13.5. The second kappa shape index (κ2) is 8.32. The Morgan fingerprint density at radius 3 is 2.89 bits per heavy atom. The highest BCUT2D eigenvalue weighted by molar-refractivity contribution is 5.95. The van der Waals surface area contributed by atoms with Crippen LogP contribution in [-0.2, 0) is 11.3 Å². The van der Waals surface area contributed by atoms with Gasteiger partial charge in [-0.3, -0.25) is 4.79 Å². The normalized spacial score (nSPS) is 25.1. The zero-order valence-corrected chi connectivity index (χ0v) is 16.3. The predicted octanol–water partition coefficient (Wildman–Crippen LogP) is 1.60. The first-order valence-corrected chi connectivity index (χ1v) is 9.98. The van der Waals surface area contributed by atoms with Gasteiger partial charge in [0.1, 0.15) is 0 Å². The molecule has 2 aliphatic rings. The Kier molecular flexibility index (Phi) is 5.64. The van der Waals surface area contributed by atoms with Crippen LogP contribution in [0.15, 0.2) is 36.9 Å². The number of benzene rings is 1. The van der Waals surface area contributed by atoms with Crippen molar-refractivity contribution < 1.29 is 14.6 Å². The van der Waals surface area contributed by atoms with Crippen LogP contribution in [-0.4, -0.2) is 59.0 Å². The van der Waals surface area contributed by atoms with Crippen LogP contribution in [0.2, 0.25) is 0 Å². The Balaban J connectivity index is 1.40. The molecule has 3 atom stereocenters. The van der Waals surface area contributed by atoms with Gasteiger partial charge < -0.3 is 24.6 Å². The lowest BCUT2D eigenvalue weighted by atomic mass is 10.1. The summed E-state index contributed by atoms with van der Waals surface area (Å²) in [5.74, 6) is 0.207. The fraction of sp³-hybridized carbons (Fsp3) is 0.524. The Hall–Kier alpha value is -2.38. The van der Waals surface area contributed by atoms with E-state index in [0.29, 0.717) is 31.1 Å². The first kappa shape index (κ1) is 19.0. The molecule has 1 unspecified atom stereocenters. The maximum Gasteiger partial charge on any atom is 0.251 e. The summed E-state index contributed by atoms with van der Waals surface area (Å²) < 4.78 is 7.46. The van der Waals surface area contributed by atoms with Crippen LogP contribution in [0, 0.1) is 12.8 Å². The number of amides is 1. The van der Waals surface area contributed by atoms with Crippen molar-refractivity contribution in [2.24, 2.45) is 5.92 Å². The minimum absolute atomic E-state index is 0.123. The van der Waals surface area contributed by atoms with Crippen LogP contribution < -0.4 is 10.2 Å². The number of anilines is 1. The van der Waals surface area contributed by atoms with Crippen molar-refractivity contribution >= 4 is 11.6 Å². The second-order valence-electron chi connectivity index (χ2n) is 7.84. The molecule has 1 aromatic carbocycles. The standard InChI is InChI=1S/C21H28N4O3/c1-15-2-3-17(12-19(15)25-6-8-28-9-7-25)21(27)23-18-10-16(11-20(18)26)13-24-5-4-22-14-24/h2-5,12,14,16,18,20,26H,6-11,13H2,1H3,(H,23,27)/t16?,18-,20-/m1/s1. The van der Waals surface area contributed by atoms with E-state index in [2.05, 4.69) is 22.1 Å². The SMILES string of the molecule is Cc1ccc(C(=O)N[C@@H]2CC(Cn3ccnc3)C[C@H]2O)cc1N1CCOCC1. The quantitative estimate of drug-likeness (QED) is 0.819. The molecule has 1 aliphatic carbocycles. The number of ether oxygens (including phenoxy) is 1. The molecular formula is C21H28N4O3. The predicted molar refractivity (Wildman–Crippen MR) is 106 cm³/mol. The third-order valence-corrected chi connectivity index (χ3v) is 5.79. The van der Waals surface area contributed by atoms with Gasteiger partial charge in [0.25, 0.3) is 5.91 Å². The van der Waals surface area contributed by atoms with E-state index in [-0.39, 0.29) is 11.9 Å². The highest BCUT2D eigenvalue weighted by Crippen LogP contribution is 2.28. The number of hydrogen-bond donors (Lipinski definition) is 2. The summed E-state index contributed by atoms with van der Waals surface area (Å²) in [6, 6.07) is 5.60. The Bertz CT molecular complexity index is 802. The number of nitrogens with one attached hydrogen (secondary N) is 1. The Morgan fingerprint density at radius 2 is 2.14 bits per heavy atom. The van der Waals surface area contributed by atoms with E-state index in [4.69, 9.17) is 4.74 Å². The van der Waals surface area contributed by atoms with Crippen molar-refractivity contribution in [2.75, 3.05) is 31.2 Å². The first-order chi connectivity index (χ1) is 13.6. The van der Waals surface area contributed by atoms with Crippen LogP contribution >= 0.6 is 0 Å². The van der Waals surface area contributed by atoms with E-state index in [1.165, 1.54) is 0 Å². The molecule has 2 N–H and O–H groups in total. The molecule has 0 spiro atoms. The van der Waals surface area contributed by atoms with Crippen molar-refractivity contribution in [1.29, 1.82) is 0 Å². The van der Waals surface area contributed by atoms with Gasteiger partial charge in [0.05, 0.1) is 31.7 Å². The van der Waals surface area contributed by atoms with Gasteiger partial charge in [-0.25, -0.2) is 4.98 Å². The molecule has 150 valence electrons. The zero-order chi connectivity index (χ0) is 19.5. The molecule has 28 heavy (non-hydrogen) atoms. The molecule has 4 rings (SSSR count). The van der Waals surface area contributed by atoms with E-state index in [0.717, 1.165) is 37.3 Å². The van der Waals surface area contributed by atoms with Gasteiger partial charge in [0, 0.05) is 43.3 Å². The van der Waals surface area contributed by atoms with Crippen molar-refractivity contribution in [1.82, 2.24) is 14.9 Å². The van der Waals surface area contributed by atoms with Crippen LogP contribution in [0.4, 0.5) is 5.69 Å². The van der Waals surface area contributed by atoms with E-state index in [9.17, 15) is 9.90 Å². The number of morpholine rings is 1. The molecule has 1 amide bonds. The van der Waals surface area contributed by atoms with Gasteiger partial charge in [0.15, 0.2) is 0 Å². The summed E-state index contributed by atoms with van der Waals surface area (Å²) >= 11 is 0. The van der Waals surface area contributed by atoms with Crippen molar-refractivity contribution in [2.45, 2.75) is 38.5 Å². The molecule has 1 saturated carbocycles. The van der Waals surface area contributed by atoms with Crippen LogP contribution in [0.5, 0.6) is 0 Å². The minimum Gasteiger partial charge on any atom is -0.391 e. The molecule has 1 saturated heterocycles. The molecule has 7 heteroatoms. The van der Waals surface area contributed by atoms with Gasteiger partial charge >= 0.3 is 0 Å². The van der Waals surface area contributed by atoms with Crippen LogP contribution in [0.3, 0.4) is 0 Å². The summed E-state index contributed by atoms with van der Waals surface area (Å²) in [7, 11) is 0. The molecule has 2 fully saturated rings. The van der Waals surface area contributed by atoms with Crippen molar-refractivity contribution in [3.8, 4) is 0 Å². The lowest BCUT2D eigenvalue weighted by Gasteiger charge is -2.30. The van der Waals surface area contributed by atoms with Crippen molar-refractivity contribution in [3.63, 3.8) is 0 Å². The number of aromatic nitrogens is 2. The number of aliphatic hydroxyl groups is 1. The molecule has 2 aromatic rings. The number of nitrogens with zero attached hydrogens (tertiary/aromatic N) is 3. The fourth-order valence-electron chi connectivity index (χ4n) is 4.26. The highest BCUT2D eigenvalue weighted by Gasteiger charge is 2.34. The number of carbonyl (C=O) groups is 1. The van der Waals surface area contributed by atoms with Gasteiger partial charge in [0.2, 0.25) is 0 Å². The summed E-state index contributed by atoms with van der Waals surface area (Å²) in [6.45, 7) is 5.97.